The van der Waals surface area contributed by atoms with Gasteiger partial charge < -0.3 is 4.74 Å². The number of thiophene rings is 1. The second-order valence-electron chi connectivity index (χ2n) is 5.06. The van der Waals surface area contributed by atoms with Gasteiger partial charge in [0.25, 0.3) is 0 Å². The van der Waals surface area contributed by atoms with Crippen LogP contribution in [0.15, 0.2) is 41.8 Å². The highest BCUT2D eigenvalue weighted by Crippen LogP contribution is 2.29. The highest BCUT2D eigenvalue weighted by molar-refractivity contribution is 7.10. The molecule has 1 aromatic carbocycles. The summed E-state index contributed by atoms with van der Waals surface area (Å²) < 4.78 is 7.52. The van der Waals surface area contributed by atoms with Gasteiger partial charge in [-0.25, -0.2) is 4.68 Å². The normalized spacial score (nSPS) is 18.1. The van der Waals surface area contributed by atoms with Crippen LogP contribution in [0.2, 0.25) is 0 Å². The Balaban J connectivity index is 1.81. The summed E-state index contributed by atoms with van der Waals surface area (Å²) >= 11 is 1.76. The lowest BCUT2D eigenvalue weighted by Gasteiger charge is -2.33. The van der Waals surface area contributed by atoms with Crippen molar-refractivity contribution in [3.63, 3.8) is 0 Å². The Morgan fingerprint density at radius 2 is 1.95 bits per heavy atom. The molecule has 1 atom stereocenters. The lowest BCUT2D eigenvalue weighted by Crippen LogP contribution is -2.41. The van der Waals surface area contributed by atoms with Crippen LogP contribution in [-0.4, -0.2) is 46.2 Å². The summed E-state index contributed by atoms with van der Waals surface area (Å²) in [7, 11) is 0. The lowest BCUT2D eigenvalue weighted by atomic mass is 10.2. The molecule has 5 nitrogen and oxygen atoms in total. The fraction of sp³-hybridized carbons (Fsp3) is 0.333. The van der Waals surface area contributed by atoms with E-state index < -0.39 is 0 Å². The number of benzene rings is 1. The summed E-state index contributed by atoms with van der Waals surface area (Å²) in [6, 6.07) is 12.4. The lowest BCUT2D eigenvalue weighted by molar-refractivity contribution is 0.00799. The van der Waals surface area contributed by atoms with Crippen molar-refractivity contribution in [1.82, 2.24) is 19.9 Å². The van der Waals surface area contributed by atoms with E-state index in [2.05, 4.69) is 38.8 Å². The van der Waals surface area contributed by atoms with E-state index in [9.17, 15) is 0 Å². The largest absolute Gasteiger partial charge is 0.379 e. The SMILES string of the molecule is c1csc(C(N2CCOCC2)n2nnc3ccccc32)c1. The number of rotatable bonds is 3. The van der Waals surface area contributed by atoms with Gasteiger partial charge in [0.1, 0.15) is 11.7 Å². The number of nitrogens with zero attached hydrogens (tertiary/aromatic N) is 4. The van der Waals surface area contributed by atoms with Crippen molar-refractivity contribution in [3.8, 4) is 0 Å². The van der Waals surface area contributed by atoms with E-state index in [1.165, 1.54) is 4.88 Å². The van der Waals surface area contributed by atoms with Gasteiger partial charge in [-0.1, -0.05) is 23.4 Å². The van der Waals surface area contributed by atoms with Crippen molar-refractivity contribution in [3.05, 3.63) is 46.7 Å². The molecule has 0 spiro atoms. The Hall–Kier alpha value is -1.76. The summed E-state index contributed by atoms with van der Waals surface area (Å²) in [6.07, 6.45) is 0.0984. The fourth-order valence-electron chi connectivity index (χ4n) is 2.78. The molecule has 0 bridgehead atoms. The number of morpholine rings is 1. The van der Waals surface area contributed by atoms with Crippen LogP contribution in [0.1, 0.15) is 11.0 Å². The standard InChI is InChI=1S/C15H16N4OS/c1-2-5-13-12(4-1)16-17-19(13)15(14-6-3-11-21-14)18-7-9-20-10-8-18/h1-6,11,15H,7-10H2. The summed E-state index contributed by atoms with van der Waals surface area (Å²) in [5.74, 6) is 0. The molecule has 1 saturated heterocycles. The molecule has 3 heterocycles. The molecule has 0 aliphatic carbocycles. The van der Waals surface area contributed by atoms with Gasteiger partial charge in [-0.2, -0.15) is 0 Å². The van der Waals surface area contributed by atoms with Crippen molar-refractivity contribution in [2.45, 2.75) is 6.17 Å². The number of hydrogen-bond acceptors (Lipinski definition) is 5. The fourth-order valence-corrected chi connectivity index (χ4v) is 3.63. The van der Waals surface area contributed by atoms with Crippen LogP contribution in [0, 0.1) is 0 Å². The van der Waals surface area contributed by atoms with Gasteiger partial charge in [0.2, 0.25) is 0 Å². The number of fused-ring (bicyclic) bond motifs is 1. The first-order chi connectivity index (χ1) is 10.4. The number of ether oxygens (including phenoxy) is 1. The number of para-hydroxylation sites is 1. The second kappa shape index (κ2) is 5.55. The van der Waals surface area contributed by atoms with Gasteiger partial charge in [0, 0.05) is 18.0 Å². The number of hydrogen-bond donors (Lipinski definition) is 0. The Bertz CT molecular complexity index is 718. The van der Waals surface area contributed by atoms with Gasteiger partial charge in [0.05, 0.1) is 18.7 Å². The molecule has 6 heteroatoms. The maximum atomic E-state index is 5.49. The maximum absolute atomic E-state index is 5.49. The molecule has 4 rings (SSSR count). The summed E-state index contributed by atoms with van der Waals surface area (Å²) in [4.78, 5) is 3.70. The predicted molar refractivity (Wildman–Crippen MR) is 82.4 cm³/mol. The van der Waals surface area contributed by atoms with Crippen LogP contribution in [-0.2, 0) is 4.74 Å². The van der Waals surface area contributed by atoms with Crippen molar-refractivity contribution < 1.29 is 4.74 Å². The monoisotopic (exact) mass is 300 g/mol. The first kappa shape index (κ1) is 12.9. The molecular formula is C15H16N4OS. The van der Waals surface area contributed by atoms with E-state index in [4.69, 9.17) is 4.74 Å². The first-order valence-electron chi connectivity index (χ1n) is 7.08. The Kier molecular flexibility index (Phi) is 3.42. The van der Waals surface area contributed by atoms with Crippen LogP contribution in [0.4, 0.5) is 0 Å². The molecule has 21 heavy (non-hydrogen) atoms. The van der Waals surface area contributed by atoms with Gasteiger partial charge >= 0.3 is 0 Å². The van der Waals surface area contributed by atoms with Crippen LogP contribution >= 0.6 is 11.3 Å². The van der Waals surface area contributed by atoms with E-state index in [-0.39, 0.29) is 6.17 Å². The highest BCUT2D eigenvalue weighted by atomic mass is 32.1. The van der Waals surface area contributed by atoms with E-state index in [1.807, 2.05) is 22.9 Å². The van der Waals surface area contributed by atoms with Crippen LogP contribution in [0.5, 0.6) is 0 Å². The zero-order valence-corrected chi connectivity index (χ0v) is 12.4. The smallest absolute Gasteiger partial charge is 0.141 e. The average molecular weight is 300 g/mol. The zero-order valence-electron chi connectivity index (χ0n) is 11.6. The van der Waals surface area contributed by atoms with Gasteiger partial charge in [-0.15, -0.1) is 16.4 Å². The molecule has 0 saturated carbocycles. The quantitative estimate of drug-likeness (QED) is 0.745. The molecule has 108 valence electrons. The minimum absolute atomic E-state index is 0.0984. The van der Waals surface area contributed by atoms with E-state index >= 15 is 0 Å². The van der Waals surface area contributed by atoms with Crippen molar-refractivity contribution in [2.75, 3.05) is 26.3 Å². The summed E-state index contributed by atoms with van der Waals surface area (Å²) in [5.41, 5.74) is 2.01. The predicted octanol–water partition coefficient (Wildman–Crippen LogP) is 2.37. The van der Waals surface area contributed by atoms with E-state index in [0.29, 0.717) is 0 Å². The molecule has 0 amide bonds. The molecule has 1 aliphatic heterocycles. The van der Waals surface area contributed by atoms with Gasteiger partial charge in [0.15, 0.2) is 0 Å². The number of aromatic nitrogens is 3. The molecule has 1 unspecified atom stereocenters. The average Bonchev–Trinajstić information content (AvgIpc) is 3.20. The third-order valence-electron chi connectivity index (χ3n) is 3.80. The molecule has 0 N–H and O–H groups in total. The highest BCUT2D eigenvalue weighted by Gasteiger charge is 2.27. The summed E-state index contributed by atoms with van der Waals surface area (Å²) in [6.45, 7) is 3.37. The third-order valence-corrected chi connectivity index (χ3v) is 4.71. The van der Waals surface area contributed by atoms with Crippen LogP contribution in [0.3, 0.4) is 0 Å². The molecule has 1 aliphatic rings. The molecule has 1 fully saturated rings. The van der Waals surface area contributed by atoms with Gasteiger partial charge in [-0.3, -0.25) is 4.90 Å². The zero-order chi connectivity index (χ0) is 14.1. The summed E-state index contributed by atoms with van der Waals surface area (Å²) in [5, 5.41) is 10.8. The molecule has 2 aromatic heterocycles. The maximum Gasteiger partial charge on any atom is 0.141 e. The topological polar surface area (TPSA) is 43.2 Å². The minimum Gasteiger partial charge on any atom is -0.379 e. The van der Waals surface area contributed by atoms with Crippen LogP contribution < -0.4 is 0 Å². The Morgan fingerprint density at radius 1 is 1.10 bits per heavy atom. The van der Waals surface area contributed by atoms with Crippen molar-refractivity contribution >= 4 is 22.4 Å². The van der Waals surface area contributed by atoms with Crippen molar-refractivity contribution in [1.29, 1.82) is 0 Å². The first-order valence-corrected chi connectivity index (χ1v) is 7.96. The Morgan fingerprint density at radius 3 is 2.76 bits per heavy atom. The van der Waals surface area contributed by atoms with Gasteiger partial charge in [-0.05, 0) is 23.6 Å². The minimum atomic E-state index is 0.0984. The second-order valence-corrected chi connectivity index (χ2v) is 6.04. The van der Waals surface area contributed by atoms with E-state index in [0.717, 1.165) is 37.3 Å². The van der Waals surface area contributed by atoms with E-state index in [1.54, 1.807) is 11.3 Å². The van der Waals surface area contributed by atoms with Crippen molar-refractivity contribution in [2.24, 2.45) is 0 Å². The molecule has 3 aromatic rings. The third kappa shape index (κ3) is 2.35. The Labute approximate surface area is 126 Å². The molecule has 0 radical (unpaired) electrons. The molecular weight excluding hydrogens is 284 g/mol. The van der Waals surface area contributed by atoms with Crippen LogP contribution in [0.25, 0.3) is 11.0 Å².